The first-order valence-electron chi connectivity index (χ1n) is 5.75. The first kappa shape index (κ1) is 15.7. The van der Waals surface area contributed by atoms with E-state index in [0.29, 0.717) is 0 Å². The highest BCUT2D eigenvalue weighted by atomic mass is 32.2. The van der Waals surface area contributed by atoms with E-state index in [9.17, 15) is 4.79 Å². The van der Waals surface area contributed by atoms with Crippen LogP contribution in [-0.2, 0) is 9.53 Å². The summed E-state index contributed by atoms with van der Waals surface area (Å²) in [6, 6.07) is 0. The molecule has 1 unspecified atom stereocenters. The quantitative estimate of drug-likeness (QED) is 0.566. The Morgan fingerprint density at radius 1 is 1.38 bits per heavy atom. The van der Waals surface area contributed by atoms with Gasteiger partial charge in [-0.25, -0.2) is 0 Å². The van der Waals surface area contributed by atoms with Gasteiger partial charge in [0, 0.05) is 20.2 Å². The van der Waals surface area contributed by atoms with Crippen molar-refractivity contribution in [1.29, 1.82) is 0 Å². The van der Waals surface area contributed by atoms with E-state index >= 15 is 0 Å². The molecule has 4 nitrogen and oxygen atoms in total. The maximum atomic E-state index is 11.4. The van der Waals surface area contributed by atoms with Crippen molar-refractivity contribution in [3.8, 4) is 0 Å². The third-order valence-corrected chi connectivity index (χ3v) is 3.06. The molecule has 0 rings (SSSR count). The Bertz CT molecular complexity index is 175. The zero-order chi connectivity index (χ0) is 12.2. The number of unbranched alkanes of at least 4 members (excludes halogenated alkanes) is 3. The lowest BCUT2D eigenvalue weighted by molar-refractivity contribution is -0.130. The van der Waals surface area contributed by atoms with Crippen LogP contribution in [0, 0.1) is 0 Å². The minimum atomic E-state index is -0.503. The third-order valence-electron chi connectivity index (χ3n) is 2.37. The maximum absolute atomic E-state index is 11.4. The number of thioether (sulfide) groups is 1. The minimum Gasteiger partial charge on any atom is -0.370 e. The second-order valence-corrected chi connectivity index (χ2v) is 4.64. The Balaban J connectivity index is 3.33. The Labute approximate surface area is 103 Å². The standard InChI is InChI=1S/C11H24N2O2S/c1-15-10(9-12)11(14)13-7-5-3-4-6-8-16-2/h10H,3-9,12H2,1-2H3,(H,13,14). The zero-order valence-corrected chi connectivity index (χ0v) is 11.1. The van der Waals surface area contributed by atoms with Crippen LogP contribution in [0.4, 0.5) is 0 Å². The van der Waals surface area contributed by atoms with Gasteiger partial charge in [-0.05, 0) is 24.9 Å². The number of methoxy groups -OCH3 is 1. The monoisotopic (exact) mass is 248 g/mol. The highest BCUT2D eigenvalue weighted by Crippen LogP contribution is 2.03. The molecule has 0 heterocycles. The summed E-state index contributed by atoms with van der Waals surface area (Å²) in [5, 5.41) is 2.83. The lowest BCUT2D eigenvalue weighted by Crippen LogP contribution is -2.40. The van der Waals surface area contributed by atoms with Gasteiger partial charge < -0.3 is 15.8 Å². The number of hydrogen-bond acceptors (Lipinski definition) is 4. The van der Waals surface area contributed by atoms with Crippen LogP contribution < -0.4 is 11.1 Å². The Morgan fingerprint density at radius 2 is 2.06 bits per heavy atom. The Morgan fingerprint density at radius 3 is 2.62 bits per heavy atom. The van der Waals surface area contributed by atoms with Crippen molar-refractivity contribution < 1.29 is 9.53 Å². The summed E-state index contributed by atoms with van der Waals surface area (Å²) in [4.78, 5) is 11.4. The topological polar surface area (TPSA) is 64.3 Å². The van der Waals surface area contributed by atoms with Crippen LogP contribution in [0.15, 0.2) is 0 Å². The molecule has 0 fully saturated rings. The van der Waals surface area contributed by atoms with Gasteiger partial charge in [0.15, 0.2) is 0 Å². The summed E-state index contributed by atoms with van der Waals surface area (Å²) >= 11 is 1.88. The van der Waals surface area contributed by atoms with Crippen molar-refractivity contribution >= 4 is 17.7 Å². The van der Waals surface area contributed by atoms with Crippen molar-refractivity contribution in [1.82, 2.24) is 5.32 Å². The van der Waals surface area contributed by atoms with Crippen molar-refractivity contribution in [3.63, 3.8) is 0 Å². The van der Waals surface area contributed by atoms with Gasteiger partial charge >= 0.3 is 0 Å². The minimum absolute atomic E-state index is 0.103. The number of rotatable bonds is 10. The fourth-order valence-corrected chi connectivity index (χ4v) is 1.85. The molecule has 3 N–H and O–H groups in total. The van der Waals surface area contributed by atoms with Gasteiger partial charge in [-0.1, -0.05) is 12.8 Å². The second kappa shape index (κ2) is 11.2. The molecule has 0 aromatic heterocycles. The molecule has 0 saturated heterocycles. The molecule has 5 heteroatoms. The van der Waals surface area contributed by atoms with Crippen LogP contribution in [-0.4, -0.2) is 44.2 Å². The summed E-state index contributed by atoms with van der Waals surface area (Å²) in [7, 11) is 1.50. The van der Waals surface area contributed by atoms with E-state index in [1.807, 2.05) is 11.8 Å². The van der Waals surface area contributed by atoms with Crippen molar-refractivity contribution in [2.75, 3.05) is 32.2 Å². The first-order chi connectivity index (χ1) is 7.76. The molecule has 1 atom stereocenters. The summed E-state index contributed by atoms with van der Waals surface area (Å²) < 4.78 is 4.93. The lowest BCUT2D eigenvalue weighted by Gasteiger charge is -2.12. The average Bonchev–Trinajstić information content (AvgIpc) is 2.29. The van der Waals surface area contributed by atoms with E-state index in [0.717, 1.165) is 13.0 Å². The van der Waals surface area contributed by atoms with Crippen molar-refractivity contribution in [3.05, 3.63) is 0 Å². The molecule has 16 heavy (non-hydrogen) atoms. The fourth-order valence-electron chi connectivity index (χ4n) is 1.36. The predicted molar refractivity (Wildman–Crippen MR) is 69.7 cm³/mol. The van der Waals surface area contributed by atoms with Gasteiger partial charge in [-0.15, -0.1) is 0 Å². The molecule has 0 aliphatic rings. The number of hydrogen-bond donors (Lipinski definition) is 2. The molecule has 0 spiro atoms. The molecular formula is C11H24N2O2S. The lowest BCUT2D eigenvalue weighted by atomic mass is 10.2. The van der Waals surface area contributed by atoms with Gasteiger partial charge in [0.05, 0.1) is 0 Å². The van der Waals surface area contributed by atoms with Gasteiger partial charge in [0.2, 0.25) is 5.91 Å². The summed E-state index contributed by atoms with van der Waals surface area (Å²) in [6.07, 6.45) is 6.32. The number of amides is 1. The fraction of sp³-hybridized carbons (Fsp3) is 0.909. The first-order valence-corrected chi connectivity index (χ1v) is 7.15. The van der Waals surface area contributed by atoms with E-state index in [4.69, 9.17) is 10.5 Å². The molecule has 0 saturated carbocycles. The van der Waals surface area contributed by atoms with E-state index in [1.165, 1.54) is 32.1 Å². The van der Waals surface area contributed by atoms with Gasteiger partial charge in [-0.2, -0.15) is 11.8 Å². The molecule has 96 valence electrons. The highest BCUT2D eigenvalue weighted by Gasteiger charge is 2.14. The van der Waals surface area contributed by atoms with Gasteiger partial charge in [0.25, 0.3) is 0 Å². The van der Waals surface area contributed by atoms with E-state index < -0.39 is 6.10 Å². The smallest absolute Gasteiger partial charge is 0.250 e. The number of ether oxygens (including phenoxy) is 1. The Hall–Kier alpha value is -0.260. The molecule has 0 aliphatic heterocycles. The Kier molecular flexibility index (Phi) is 11.0. The number of nitrogens with one attached hydrogen (secondary N) is 1. The van der Waals surface area contributed by atoms with Crippen molar-refractivity contribution in [2.45, 2.75) is 31.8 Å². The summed E-state index contributed by atoms with van der Waals surface area (Å²) in [6.45, 7) is 0.952. The number of nitrogens with two attached hydrogens (primary N) is 1. The largest absolute Gasteiger partial charge is 0.370 e. The molecule has 0 bridgehead atoms. The van der Waals surface area contributed by atoms with E-state index in [1.54, 1.807) is 0 Å². The van der Waals surface area contributed by atoms with Crippen molar-refractivity contribution in [2.24, 2.45) is 5.73 Å². The van der Waals surface area contributed by atoms with Crippen LogP contribution in [0.25, 0.3) is 0 Å². The number of carbonyl (C=O) groups excluding carboxylic acids is 1. The normalized spacial score (nSPS) is 12.4. The van der Waals surface area contributed by atoms with Crippen LogP contribution in [0.3, 0.4) is 0 Å². The van der Waals surface area contributed by atoms with Crippen LogP contribution in [0.5, 0.6) is 0 Å². The molecule has 0 aliphatic carbocycles. The van der Waals surface area contributed by atoms with Crippen LogP contribution in [0.1, 0.15) is 25.7 Å². The molecule has 0 aromatic rings. The van der Waals surface area contributed by atoms with E-state index in [-0.39, 0.29) is 12.5 Å². The van der Waals surface area contributed by atoms with E-state index in [2.05, 4.69) is 11.6 Å². The van der Waals surface area contributed by atoms with Gasteiger partial charge in [-0.3, -0.25) is 4.79 Å². The second-order valence-electron chi connectivity index (χ2n) is 3.66. The predicted octanol–water partition coefficient (Wildman–Crippen LogP) is 1.000. The SMILES string of the molecule is COC(CN)C(=O)NCCCCCCSC. The molecule has 0 radical (unpaired) electrons. The third kappa shape index (κ3) is 7.96. The zero-order valence-electron chi connectivity index (χ0n) is 10.3. The van der Waals surface area contributed by atoms with Crippen LogP contribution >= 0.6 is 11.8 Å². The van der Waals surface area contributed by atoms with Crippen LogP contribution in [0.2, 0.25) is 0 Å². The molecule has 0 aromatic carbocycles. The molecule has 1 amide bonds. The highest BCUT2D eigenvalue weighted by molar-refractivity contribution is 7.98. The van der Waals surface area contributed by atoms with Gasteiger partial charge in [0.1, 0.15) is 6.10 Å². The summed E-state index contributed by atoms with van der Waals surface area (Å²) in [5.74, 6) is 1.12. The average molecular weight is 248 g/mol. The number of carbonyl (C=O) groups is 1. The maximum Gasteiger partial charge on any atom is 0.250 e. The molecular weight excluding hydrogens is 224 g/mol. The summed E-state index contributed by atoms with van der Waals surface area (Å²) in [5.41, 5.74) is 5.38.